The summed E-state index contributed by atoms with van der Waals surface area (Å²) in [6, 6.07) is 13.1. The van der Waals surface area contributed by atoms with Gasteiger partial charge in [0.15, 0.2) is 0 Å². The molecule has 0 aliphatic rings. The van der Waals surface area contributed by atoms with Gasteiger partial charge in [-0.2, -0.15) is 0 Å². The number of hydrogen-bond donors (Lipinski definition) is 2. The van der Waals surface area contributed by atoms with E-state index in [1.54, 1.807) is 30.3 Å². The second kappa shape index (κ2) is 7.93. The number of halogens is 1. The van der Waals surface area contributed by atoms with Crippen molar-refractivity contribution in [2.75, 3.05) is 11.9 Å². The molecule has 0 aliphatic heterocycles. The molecule has 120 valence electrons. The van der Waals surface area contributed by atoms with E-state index in [-0.39, 0.29) is 12.2 Å². The first-order chi connectivity index (χ1) is 11.0. The first kappa shape index (κ1) is 16.5. The van der Waals surface area contributed by atoms with E-state index in [9.17, 15) is 14.0 Å². The van der Waals surface area contributed by atoms with E-state index in [2.05, 4.69) is 5.32 Å². The Balaban J connectivity index is 1.80. The number of hydrogen-bond acceptors (Lipinski definition) is 3. The molecule has 6 heteroatoms. The molecule has 2 aromatic carbocycles. The number of amides is 2. The van der Waals surface area contributed by atoms with Crippen LogP contribution in [0.4, 0.5) is 10.1 Å². The highest BCUT2D eigenvalue weighted by Crippen LogP contribution is 2.16. The first-order valence-electron chi connectivity index (χ1n) is 7.08. The maximum atomic E-state index is 13.0. The van der Waals surface area contributed by atoms with Crippen molar-refractivity contribution in [2.45, 2.75) is 12.8 Å². The second-order valence-corrected chi connectivity index (χ2v) is 4.94. The van der Waals surface area contributed by atoms with Crippen LogP contribution in [-0.2, 0) is 16.0 Å². The fourth-order valence-electron chi connectivity index (χ4n) is 1.98. The smallest absolute Gasteiger partial charge is 0.233 e. The molecule has 0 saturated carbocycles. The van der Waals surface area contributed by atoms with Crippen molar-refractivity contribution in [2.24, 2.45) is 5.73 Å². The van der Waals surface area contributed by atoms with Crippen LogP contribution in [0.2, 0.25) is 0 Å². The Labute approximate surface area is 133 Å². The third-order valence-electron chi connectivity index (χ3n) is 3.02. The molecule has 2 rings (SSSR count). The molecule has 0 heterocycles. The summed E-state index contributed by atoms with van der Waals surface area (Å²) in [6.07, 6.45) is 0.237. The Hall–Kier alpha value is -2.89. The number of nitrogens with one attached hydrogen (secondary N) is 1. The predicted octanol–water partition coefficient (Wildman–Crippen LogP) is 2.26. The van der Waals surface area contributed by atoms with Crippen molar-refractivity contribution in [1.29, 1.82) is 0 Å². The molecule has 0 unspecified atom stereocenters. The first-order valence-corrected chi connectivity index (χ1v) is 7.08. The molecule has 0 aromatic heterocycles. The number of rotatable bonds is 7. The minimum Gasteiger partial charge on any atom is -0.493 e. The van der Waals surface area contributed by atoms with E-state index in [1.807, 2.05) is 6.07 Å². The van der Waals surface area contributed by atoms with Crippen molar-refractivity contribution in [3.63, 3.8) is 0 Å². The maximum Gasteiger partial charge on any atom is 0.233 e. The van der Waals surface area contributed by atoms with Crippen LogP contribution in [0, 0.1) is 5.82 Å². The lowest BCUT2D eigenvalue weighted by atomic mass is 10.1. The van der Waals surface area contributed by atoms with Gasteiger partial charge >= 0.3 is 0 Å². The molecular formula is C17H17FN2O3. The standard InChI is InChI=1S/C17H17FN2O3/c18-13-3-1-2-12(10-13)8-9-23-15-6-4-14(5-7-15)20-17(22)11-16(19)21/h1-7,10H,8-9,11H2,(H2,19,21)(H,20,22). The van der Waals surface area contributed by atoms with Gasteiger partial charge in [0, 0.05) is 12.1 Å². The largest absolute Gasteiger partial charge is 0.493 e. The van der Waals surface area contributed by atoms with Gasteiger partial charge in [0.1, 0.15) is 18.0 Å². The summed E-state index contributed by atoms with van der Waals surface area (Å²) in [5.41, 5.74) is 6.35. The van der Waals surface area contributed by atoms with Crippen molar-refractivity contribution in [3.8, 4) is 5.75 Å². The summed E-state index contributed by atoms with van der Waals surface area (Å²) in [6.45, 7) is 0.414. The highest BCUT2D eigenvalue weighted by molar-refractivity contribution is 6.03. The molecule has 0 atom stereocenters. The zero-order valence-electron chi connectivity index (χ0n) is 12.4. The minimum atomic E-state index is -0.681. The fourth-order valence-corrected chi connectivity index (χ4v) is 1.98. The van der Waals surface area contributed by atoms with Crippen LogP contribution < -0.4 is 15.8 Å². The van der Waals surface area contributed by atoms with Crippen molar-refractivity contribution in [1.82, 2.24) is 0 Å². The molecule has 0 saturated heterocycles. The zero-order valence-corrected chi connectivity index (χ0v) is 12.4. The fraction of sp³-hybridized carbons (Fsp3) is 0.176. The SMILES string of the molecule is NC(=O)CC(=O)Nc1ccc(OCCc2cccc(F)c2)cc1. The molecule has 0 fully saturated rings. The summed E-state index contributed by atoms with van der Waals surface area (Å²) in [5.74, 6) is -0.773. The Kier molecular flexibility index (Phi) is 5.68. The van der Waals surface area contributed by atoms with Gasteiger partial charge in [-0.1, -0.05) is 12.1 Å². The third kappa shape index (κ3) is 5.78. The summed E-state index contributed by atoms with van der Waals surface area (Å²) >= 11 is 0. The monoisotopic (exact) mass is 316 g/mol. The van der Waals surface area contributed by atoms with Crippen molar-refractivity contribution in [3.05, 3.63) is 59.9 Å². The summed E-state index contributed by atoms with van der Waals surface area (Å²) in [7, 11) is 0. The number of anilines is 1. The number of benzene rings is 2. The maximum absolute atomic E-state index is 13.0. The Morgan fingerprint density at radius 3 is 2.52 bits per heavy atom. The highest BCUT2D eigenvalue weighted by Gasteiger charge is 2.06. The van der Waals surface area contributed by atoms with Crippen LogP contribution in [0.25, 0.3) is 0 Å². The molecule has 2 aromatic rings. The quantitative estimate of drug-likeness (QED) is 0.769. The topological polar surface area (TPSA) is 81.4 Å². The molecule has 5 nitrogen and oxygen atoms in total. The average Bonchev–Trinajstić information content (AvgIpc) is 2.48. The lowest BCUT2D eigenvalue weighted by molar-refractivity contribution is -0.124. The Morgan fingerprint density at radius 1 is 1.13 bits per heavy atom. The van der Waals surface area contributed by atoms with Crippen LogP contribution in [0.1, 0.15) is 12.0 Å². The predicted molar refractivity (Wildman–Crippen MR) is 84.5 cm³/mol. The average molecular weight is 316 g/mol. The van der Waals surface area contributed by atoms with Gasteiger partial charge in [0.2, 0.25) is 11.8 Å². The molecule has 2 amide bonds. The normalized spacial score (nSPS) is 10.1. The number of primary amides is 1. The van der Waals surface area contributed by atoms with Gasteiger partial charge in [-0.05, 0) is 42.0 Å². The lowest BCUT2D eigenvalue weighted by Gasteiger charge is -2.08. The van der Waals surface area contributed by atoms with Gasteiger partial charge in [-0.15, -0.1) is 0 Å². The van der Waals surface area contributed by atoms with Crippen LogP contribution in [0.5, 0.6) is 5.75 Å². The molecule has 3 N–H and O–H groups in total. The van der Waals surface area contributed by atoms with Crippen LogP contribution in [-0.4, -0.2) is 18.4 Å². The van der Waals surface area contributed by atoms with E-state index in [0.29, 0.717) is 24.5 Å². The number of ether oxygens (including phenoxy) is 1. The Bertz CT molecular complexity index is 686. The Morgan fingerprint density at radius 2 is 1.87 bits per heavy atom. The third-order valence-corrected chi connectivity index (χ3v) is 3.02. The van der Waals surface area contributed by atoms with Crippen molar-refractivity contribution < 1.29 is 18.7 Å². The van der Waals surface area contributed by atoms with E-state index < -0.39 is 11.8 Å². The van der Waals surface area contributed by atoms with Crippen LogP contribution >= 0.6 is 0 Å². The molecule has 0 aliphatic carbocycles. The van der Waals surface area contributed by atoms with Gasteiger partial charge < -0.3 is 15.8 Å². The summed E-state index contributed by atoms with van der Waals surface area (Å²) in [4.78, 5) is 22.0. The van der Waals surface area contributed by atoms with E-state index in [4.69, 9.17) is 10.5 Å². The van der Waals surface area contributed by atoms with Crippen molar-refractivity contribution >= 4 is 17.5 Å². The molecule has 0 radical (unpaired) electrons. The lowest BCUT2D eigenvalue weighted by Crippen LogP contribution is -2.21. The minimum absolute atomic E-state index is 0.265. The summed E-state index contributed by atoms with van der Waals surface area (Å²) < 4.78 is 18.6. The van der Waals surface area contributed by atoms with Gasteiger partial charge in [0.05, 0.1) is 6.61 Å². The number of carbonyl (C=O) groups is 2. The molecule has 0 spiro atoms. The zero-order chi connectivity index (χ0) is 16.7. The van der Waals surface area contributed by atoms with Gasteiger partial charge in [-0.25, -0.2) is 4.39 Å². The molecule has 23 heavy (non-hydrogen) atoms. The number of nitrogens with two attached hydrogens (primary N) is 1. The van der Waals surface area contributed by atoms with Gasteiger partial charge in [0.25, 0.3) is 0 Å². The van der Waals surface area contributed by atoms with Crippen LogP contribution in [0.3, 0.4) is 0 Å². The van der Waals surface area contributed by atoms with E-state index in [1.165, 1.54) is 12.1 Å². The van der Waals surface area contributed by atoms with E-state index in [0.717, 1.165) is 5.56 Å². The second-order valence-electron chi connectivity index (χ2n) is 4.94. The summed E-state index contributed by atoms with van der Waals surface area (Å²) in [5, 5.41) is 2.55. The molecule has 0 bridgehead atoms. The van der Waals surface area contributed by atoms with Gasteiger partial charge in [-0.3, -0.25) is 9.59 Å². The number of carbonyl (C=O) groups excluding carboxylic acids is 2. The van der Waals surface area contributed by atoms with E-state index >= 15 is 0 Å². The highest BCUT2D eigenvalue weighted by atomic mass is 19.1. The molecular weight excluding hydrogens is 299 g/mol. The van der Waals surface area contributed by atoms with Crippen LogP contribution in [0.15, 0.2) is 48.5 Å².